The second-order valence-corrected chi connectivity index (χ2v) is 8.59. The zero-order valence-corrected chi connectivity index (χ0v) is 19.9. The molecule has 0 saturated carbocycles. The predicted octanol–water partition coefficient (Wildman–Crippen LogP) is 3.77. The van der Waals surface area contributed by atoms with Gasteiger partial charge in [0.15, 0.2) is 5.82 Å². The van der Waals surface area contributed by atoms with Gasteiger partial charge in [-0.2, -0.15) is 17.9 Å². The van der Waals surface area contributed by atoms with Gasteiger partial charge in [0.1, 0.15) is 18.3 Å². The van der Waals surface area contributed by atoms with Crippen molar-refractivity contribution in [1.82, 2.24) is 23.9 Å². The van der Waals surface area contributed by atoms with E-state index in [1.807, 2.05) is 0 Å². The van der Waals surface area contributed by atoms with Gasteiger partial charge in [0.2, 0.25) is 0 Å². The molecule has 2 heterocycles. The van der Waals surface area contributed by atoms with Gasteiger partial charge in [-0.1, -0.05) is 18.2 Å². The molecule has 4 rings (SSSR count). The van der Waals surface area contributed by atoms with Gasteiger partial charge in [-0.3, -0.25) is 13.9 Å². The van der Waals surface area contributed by atoms with Crippen LogP contribution in [0.25, 0.3) is 28.0 Å². The van der Waals surface area contributed by atoms with Crippen LogP contribution in [0.3, 0.4) is 0 Å². The van der Waals surface area contributed by atoms with E-state index in [4.69, 9.17) is 0 Å². The number of alkyl halides is 3. The highest BCUT2D eigenvalue weighted by molar-refractivity contribution is 7.98. The molecule has 8 nitrogen and oxygen atoms in total. The maximum atomic E-state index is 13.9. The van der Waals surface area contributed by atoms with Gasteiger partial charge in [0, 0.05) is 17.0 Å². The van der Waals surface area contributed by atoms with Crippen LogP contribution in [0, 0.1) is 0 Å². The third kappa shape index (κ3) is 4.27. The molecule has 0 saturated heterocycles. The molecule has 0 amide bonds. The fourth-order valence-electron chi connectivity index (χ4n) is 3.91. The zero-order chi connectivity index (χ0) is 25.5. The lowest BCUT2D eigenvalue weighted by Gasteiger charge is -2.22. The lowest BCUT2D eigenvalue weighted by molar-refractivity contribution is -0.162. The van der Waals surface area contributed by atoms with Crippen LogP contribution < -0.4 is 11.2 Å². The summed E-state index contributed by atoms with van der Waals surface area (Å²) in [6.45, 7) is 2.37. The number of aliphatic hydroxyl groups excluding tert-OH is 1. The summed E-state index contributed by atoms with van der Waals surface area (Å²) in [6.07, 6.45) is -2.91. The molecule has 184 valence electrons. The van der Waals surface area contributed by atoms with Crippen LogP contribution in [0.15, 0.2) is 56.9 Å². The van der Waals surface area contributed by atoms with E-state index in [-0.39, 0.29) is 34.8 Å². The van der Waals surface area contributed by atoms with Gasteiger partial charge in [0.25, 0.3) is 5.56 Å². The van der Waals surface area contributed by atoms with Gasteiger partial charge >= 0.3 is 11.9 Å². The smallest absolute Gasteiger partial charge is 0.388 e. The van der Waals surface area contributed by atoms with E-state index in [2.05, 4.69) is 10.1 Å². The molecule has 0 unspecified atom stereocenters. The summed E-state index contributed by atoms with van der Waals surface area (Å²) in [4.78, 5) is 31.4. The van der Waals surface area contributed by atoms with Gasteiger partial charge in [0.05, 0.1) is 16.7 Å². The maximum absolute atomic E-state index is 13.9. The van der Waals surface area contributed by atoms with Crippen molar-refractivity contribution in [2.75, 3.05) is 6.26 Å². The largest absolute Gasteiger partial charge is 0.408 e. The van der Waals surface area contributed by atoms with Crippen LogP contribution in [0.4, 0.5) is 13.2 Å². The number of nitrogens with zero attached hydrogens (tertiary/aromatic N) is 5. The van der Waals surface area contributed by atoms with E-state index in [1.54, 1.807) is 37.4 Å². The first kappa shape index (κ1) is 24.7. The molecule has 0 aliphatic rings. The lowest BCUT2D eigenvalue weighted by atomic mass is 10.1. The third-order valence-corrected chi connectivity index (χ3v) is 6.53. The molecule has 0 fully saturated rings. The van der Waals surface area contributed by atoms with Gasteiger partial charge in [-0.05, 0) is 44.4 Å². The minimum absolute atomic E-state index is 0.0915. The Kier molecular flexibility index (Phi) is 6.60. The Hall–Kier alpha value is -3.38. The summed E-state index contributed by atoms with van der Waals surface area (Å²) in [5, 5.41) is 13.6. The molecule has 4 aromatic rings. The molecule has 0 aliphatic carbocycles. The molecule has 0 aliphatic heterocycles. The molecule has 1 atom stereocenters. The third-order valence-electron chi connectivity index (χ3n) is 5.74. The van der Waals surface area contributed by atoms with Crippen LogP contribution >= 0.6 is 11.8 Å². The number of benzene rings is 2. The van der Waals surface area contributed by atoms with E-state index in [0.717, 1.165) is 11.6 Å². The Morgan fingerprint density at radius 1 is 1.14 bits per heavy atom. The first-order valence-electron chi connectivity index (χ1n) is 10.7. The quantitative estimate of drug-likeness (QED) is 0.401. The average molecular weight is 506 g/mol. The van der Waals surface area contributed by atoms with Crippen molar-refractivity contribution in [1.29, 1.82) is 0 Å². The molecular weight excluding hydrogens is 483 g/mol. The first-order chi connectivity index (χ1) is 16.6. The van der Waals surface area contributed by atoms with Crippen molar-refractivity contribution in [2.24, 2.45) is 0 Å². The monoisotopic (exact) mass is 505 g/mol. The van der Waals surface area contributed by atoms with E-state index in [1.165, 1.54) is 34.5 Å². The number of hydrogen-bond donors (Lipinski definition) is 1. The van der Waals surface area contributed by atoms with Crippen LogP contribution in [0.5, 0.6) is 0 Å². The Morgan fingerprint density at radius 3 is 2.46 bits per heavy atom. The Bertz CT molecular complexity index is 1520. The molecular formula is C23H22F3N5O3S. The van der Waals surface area contributed by atoms with E-state index >= 15 is 0 Å². The van der Waals surface area contributed by atoms with Gasteiger partial charge < -0.3 is 5.11 Å². The molecule has 35 heavy (non-hydrogen) atoms. The Balaban J connectivity index is 2.05. The van der Waals surface area contributed by atoms with Crippen LogP contribution in [0.2, 0.25) is 0 Å². The predicted molar refractivity (Wildman–Crippen MR) is 127 cm³/mol. The van der Waals surface area contributed by atoms with Crippen molar-refractivity contribution < 1.29 is 18.3 Å². The number of fused-ring (bicyclic) bond motifs is 1. The number of halogens is 3. The normalized spacial score (nSPS) is 12.9. The van der Waals surface area contributed by atoms with Crippen molar-refractivity contribution in [3.05, 3.63) is 69.1 Å². The molecule has 0 spiro atoms. The summed E-state index contributed by atoms with van der Waals surface area (Å²) in [5.41, 5.74) is -0.917. The molecule has 0 radical (unpaired) electrons. The van der Waals surface area contributed by atoms with Crippen molar-refractivity contribution >= 4 is 22.8 Å². The fraction of sp³-hybridized carbons (Fsp3) is 0.304. The highest BCUT2D eigenvalue weighted by atomic mass is 32.2. The summed E-state index contributed by atoms with van der Waals surface area (Å²) in [6, 6.07) is 8.93. The molecule has 2 aromatic carbocycles. The highest BCUT2D eigenvalue weighted by Gasteiger charge is 2.39. The van der Waals surface area contributed by atoms with Gasteiger partial charge in [-0.15, -0.1) is 16.9 Å². The Morgan fingerprint density at radius 2 is 1.86 bits per heavy atom. The lowest BCUT2D eigenvalue weighted by Crippen LogP contribution is -2.34. The van der Waals surface area contributed by atoms with Crippen molar-refractivity contribution in [3.63, 3.8) is 0 Å². The SMILES string of the molecule is CCn1c(CO)nn(-c2ccc3nc(-c4ccccc4SC)c(=O)n([C@@H](C)C(F)(F)F)c3c2)c1=O. The summed E-state index contributed by atoms with van der Waals surface area (Å²) >= 11 is 1.35. The second-order valence-electron chi connectivity index (χ2n) is 7.74. The number of thioether (sulfide) groups is 1. The van der Waals surface area contributed by atoms with Gasteiger partial charge in [-0.25, -0.2) is 9.78 Å². The number of hydrogen-bond acceptors (Lipinski definition) is 6. The van der Waals surface area contributed by atoms with Crippen molar-refractivity contribution in [2.45, 2.75) is 44.1 Å². The second kappa shape index (κ2) is 9.34. The molecule has 0 bridgehead atoms. The van der Waals surface area contributed by atoms with E-state index < -0.39 is 30.1 Å². The summed E-state index contributed by atoms with van der Waals surface area (Å²) in [5.74, 6) is 0.112. The standard InChI is InChI=1S/C23H22F3N5O3S/c1-4-29-19(12-32)28-31(22(29)34)14-9-10-16-17(11-14)30(13(2)23(24,25)26)21(33)20(27-16)15-7-5-6-8-18(15)35-3/h5-11,13,32H,4,12H2,1-3H3/t13-/m0/s1. The van der Waals surface area contributed by atoms with E-state index in [9.17, 15) is 27.9 Å². The number of aliphatic hydroxyl groups is 1. The molecule has 1 N–H and O–H groups in total. The molecule has 2 aromatic heterocycles. The molecule has 12 heteroatoms. The van der Waals surface area contributed by atoms with E-state index in [0.29, 0.717) is 15.0 Å². The highest BCUT2D eigenvalue weighted by Crippen LogP contribution is 2.33. The average Bonchev–Trinajstić information content (AvgIpc) is 3.17. The van der Waals surface area contributed by atoms with Crippen LogP contribution in [-0.4, -0.2) is 41.4 Å². The number of rotatable bonds is 6. The number of aromatic nitrogens is 5. The first-order valence-corrected chi connectivity index (χ1v) is 11.9. The fourth-order valence-corrected chi connectivity index (χ4v) is 4.51. The van der Waals surface area contributed by atoms with Crippen molar-refractivity contribution in [3.8, 4) is 16.9 Å². The topological polar surface area (TPSA) is 94.9 Å². The van der Waals surface area contributed by atoms with Crippen LogP contribution in [-0.2, 0) is 13.2 Å². The minimum atomic E-state index is -4.71. The maximum Gasteiger partial charge on any atom is 0.408 e. The summed E-state index contributed by atoms with van der Waals surface area (Å²) in [7, 11) is 0. The Labute approximate surface area is 201 Å². The van der Waals surface area contributed by atoms with Crippen LogP contribution in [0.1, 0.15) is 25.7 Å². The zero-order valence-electron chi connectivity index (χ0n) is 19.1. The minimum Gasteiger partial charge on any atom is -0.388 e. The summed E-state index contributed by atoms with van der Waals surface area (Å²) < 4.78 is 44.5.